The van der Waals surface area contributed by atoms with Gasteiger partial charge in [0, 0.05) is 6.07 Å². The van der Waals surface area contributed by atoms with E-state index in [9.17, 15) is 9.90 Å². The number of ether oxygens (including phenoxy) is 1. The highest BCUT2D eigenvalue weighted by Gasteiger charge is 2.13. The Morgan fingerprint density at radius 3 is 2.65 bits per heavy atom. The number of aryl methyl sites for hydroxylation is 1. The summed E-state index contributed by atoms with van der Waals surface area (Å²) in [6.07, 6.45) is 0. The van der Waals surface area contributed by atoms with Crippen LogP contribution in [0.25, 0.3) is 22.1 Å². The van der Waals surface area contributed by atoms with Crippen molar-refractivity contribution in [1.82, 2.24) is 9.97 Å². The molecule has 0 saturated heterocycles. The number of fused-ring (bicyclic) bond motifs is 2. The molecule has 1 aromatic heterocycles. The average molecular weight is 268 g/mol. The minimum absolute atomic E-state index is 0.159. The number of hydrogen-bond acceptors (Lipinski definition) is 4. The lowest BCUT2D eigenvalue weighted by Crippen LogP contribution is -2.01. The van der Waals surface area contributed by atoms with Gasteiger partial charge in [0.15, 0.2) is 0 Å². The highest BCUT2D eigenvalue weighted by molar-refractivity contribution is 6.02. The maximum Gasteiger partial charge on any atom is 0.337 e. The Bertz CT molecular complexity index is 843. The van der Waals surface area contributed by atoms with E-state index in [1.807, 2.05) is 13.0 Å². The monoisotopic (exact) mass is 268 g/mol. The third-order valence-electron chi connectivity index (χ3n) is 3.20. The van der Waals surface area contributed by atoms with E-state index in [0.29, 0.717) is 27.8 Å². The fourth-order valence-electron chi connectivity index (χ4n) is 2.23. The van der Waals surface area contributed by atoms with Gasteiger partial charge in [-0.1, -0.05) is 6.07 Å². The van der Waals surface area contributed by atoms with Gasteiger partial charge in [0.25, 0.3) is 0 Å². The van der Waals surface area contributed by atoms with Crippen LogP contribution in [0.5, 0.6) is 5.75 Å². The van der Waals surface area contributed by atoms with Crippen LogP contribution in [0.2, 0.25) is 0 Å². The topological polar surface area (TPSA) is 72.3 Å². The van der Waals surface area contributed by atoms with Crippen molar-refractivity contribution in [1.29, 1.82) is 0 Å². The number of rotatable bonds is 2. The van der Waals surface area contributed by atoms with Crippen LogP contribution in [0.15, 0.2) is 30.3 Å². The molecule has 1 N–H and O–H groups in total. The van der Waals surface area contributed by atoms with Crippen LogP contribution in [-0.4, -0.2) is 28.2 Å². The number of methoxy groups -OCH3 is 1. The molecule has 0 spiro atoms. The van der Waals surface area contributed by atoms with Crippen molar-refractivity contribution in [3.63, 3.8) is 0 Å². The molecule has 0 atom stereocenters. The first kappa shape index (κ1) is 12.3. The minimum atomic E-state index is -1.00. The van der Waals surface area contributed by atoms with Crippen molar-refractivity contribution >= 4 is 28.0 Å². The molecule has 0 unspecified atom stereocenters. The van der Waals surface area contributed by atoms with Gasteiger partial charge in [0.2, 0.25) is 0 Å². The van der Waals surface area contributed by atoms with E-state index in [1.54, 1.807) is 25.3 Å². The van der Waals surface area contributed by atoms with E-state index in [-0.39, 0.29) is 5.56 Å². The molecule has 0 amide bonds. The largest absolute Gasteiger partial charge is 0.497 e. The molecule has 5 nitrogen and oxygen atoms in total. The Balaban J connectivity index is 2.43. The van der Waals surface area contributed by atoms with Crippen molar-refractivity contribution in [2.45, 2.75) is 6.92 Å². The Morgan fingerprint density at radius 1 is 1.15 bits per heavy atom. The van der Waals surface area contributed by atoms with Crippen molar-refractivity contribution in [3.8, 4) is 5.75 Å². The fraction of sp³-hybridized carbons (Fsp3) is 0.133. The zero-order chi connectivity index (χ0) is 14.3. The second-order valence-corrected chi connectivity index (χ2v) is 4.51. The number of hydrogen-bond donors (Lipinski definition) is 1. The third-order valence-corrected chi connectivity index (χ3v) is 3.20. The standard InChI is InChI=1S/C15H12N2O3/c1-8-6-9(20-2)7-12-13(8)17-14-10(15(18)19)4-3-5-11(14)16-12/h3-7H,1-2H3,(H,18,19). The Morgan fingerprint density at radius 2 is 1.95 bits per heavy atom. The number of carboxylic acid groups (broad SMARTS) is 1. The number of carboxylic acids is 1. The first-order chi connectivity index (χ1) is 9.60. The summed E-state index contributed by atoms with van der Waals surface area (Å²) in [6.45, 7) is 1.90. The summed E-state index contributed by atoms with van der Waals surface area (Å²) in [5, 5.41) is 9.22. The molecule has 100 valence electrons. The summed E-state index contributed by atoms with van der Waals surface area (Å²) < 4.78 is 5.22. The van der Waals surface area contributed by atoms with E-state index < -0.39 is 5.97 Å². The molecular formula is C15H12N2O3. The van der Waals surface area contributed by atoms with Gasteiger partial charge >= 0.3 is 5.97 Å². The highest BCUT2D eigenvalue weighted by Crippen LogP contribution is 2.25. The maximum atomic E-state index is 11.2. The van der Waals surface area contributed by atoms with E-state index in [0.717, 1.165) is 5.56 Å². The Labute approximate surface area is 114 Å². The molecule has 0 bridgehead atoms. The smallest absolute Gasteiger partial charge is 0.337 e. The van der Waals surface area contributed by atoms with Crippen LogP contribution in [0, 0.1) is 6.92 Å². The quantitative estimate of drug-likeness (QED) is 0.723. The summed E-state index contributed by atoms with van der Waals surface area (Å²) in [5.74, 6) is -0.298. The molecule has 0 fully saturated rings. The van der Waals surface area contributed by atoms with Crippen LogP contribution >= 0.6 is 0 Å². The lowest BCUT2D eigenvalue weighted by Gasteiger charge is -2.08. The number of aromatic carboxylic acids is 1. The van der Waals surface area contributed by atoms with E-state index >= 15 is 0 Å². The van der Waals surface area contributed by atoms with Crippen molar-refractivity contribution in [2.24, 2.45) is 0 Å². The zero-order valence-corrected chi connectivity index (χ0v) is 11.0. The number of benzene rings is 2. The van der Waals surface area contributed by atoms with E-state index in [4.69, 9.17) is 4.74 Å². The van der Waals surface area contributed by atoms with E-state index in [1.165, 1.54) is 6.07 Å². The Hall–Kier alpha value is -2.69. The summed E-state index contributed by atoms with van der Waals surface area (Å²) in [6, 6.07) is 8.60. The molecule has 0 aliphatic rings. The fourth-order valence-corrected chi connectivity index (χ4v) is 2.23. The lowest BCUT2D eigenvalue weighted by atomic mass is 10.1. The maximum absolute atomic E-state index is 11.2. The second-order valence-electron chi connectivity index (χ2n) is 4.51. The predicted molar refractivity (Wildman–Crippen MR) is 75.3 cm³/mol. The van der Waals surface area contributed by atoms with Gasteiger partial charge in [-0.25, -0.2) is 14.8 Å². The van der Waals surface area contributed by atoms with Gasteiger partial charge < -0.3 is 9.84 Å². The van der Waals surface area contributed by atoms with Crippen LogP contribution in [0.1, 0.15) is 15.9 Å². The van der Waals surface area contributed by atoms with Gasteiger partial charge in [-0.05, 0) is 30.7 Å². The number of carbonyl (C=O) groups is 1. The van der Waals surface area contributed by atoms with Crippen LogP contribution < -0.4 is 4.74 Å². The molecule has 3 rings (SSSR count). The number of nitrogens with zero attached hydrogens (tertiary/aromatic N) is 2. The Kier molecular flexibility index (Phi) is 2.75. The van der Waals surface area contributed by atoms with Crippen molar-refractivity contribution < 1.29 is 14.6 Å². The second kappa shape index (κ2) is 4.45. The summed E-state index contributed by atoms with van der Waals surface area (Å²) >= 11 is 0. The van der Waals surface area contributed by atoms with E-state index in [2.05, 4.69) is 9.97 Å². The average Bonchev–Trinajstić information content (AvgIpc) is 2.44. The van der Waals surface area contributed by atoms with Gasteiger partial charge in [-0.15, -0.1) is 0 Å². The molecule has 5 heteroatoms. The number of para-hydroxylation sites is 1. The molecule has 1 heterocycles. The molecule has 20 heavy (non-hydrogen) atoms. The van der Waals surface area contributed by atoms with Crippen molar-refractivity contribution in [2.75, 3.05) is 7.11 Å². The highest BCUT2D eigenvalue weighted by atomic mass is 16.5. The first-order valence-corrected chi connectivity index (χ1v) is 6.08. The van der Waals surface area contributed by atoms with Gasteiger partial charge in [-0.2, -0.15) is 0 Å². The van der Waals surface area contributed by atoms with Crippen molar-refractivity contribution in [3.05, 3.63) is 41.5 Å². The van der Waals surface area contributed by atoms with Crippen LogP contribution in [0.3, 0.4) is 0 Å². The van der Waals surface area contributed by atoms with Gasteiger partial charge in [-0.3, -0.25) is 0 Å². The van der Waals surface area contributed by atoms with Crippen LogP contribution in [-0.2, 0) is 0 Å². The molecular weight excluding hydrogens is 256 g/mol. The molecule has 0 saturated carbocycles. The summed E-state index contributed by atoms with van der Waals surface area (Å²) in [7, 11) is 1.59. The molecule has 0 aliphatic carbocycles. The minimum Gasteiger partial charge on any atom is -0.497 e. The van der Waals surface area contributed by atoms with Gasteiger partial charge in [0.05, 0.1) is 29.2 Å². The summed E-state index contributed by atoms with van der Waals surface area (Å²) in [4.78, 5) is 20.2. The molecule has 0 radical (unpaired) electrons. The summed E-state index contributed by atoms with van der Waals surface area (Å²) in [5.41, 5.74) is 3.40. The lowest BCUT2D eigenvalue weighted by molar-refractivity contribution is 0.0699. The molecule has 2 aromatic carbocycles. The van der Waals surface area contributed by atoms with Crippen LogP contribution in [0.4, 0.5) is 0 Å². The third kappa shape index (κ3) is 1.84. The number of aromatic nitrogens is 2. The SMILES string of the molecule is COc1cc(C)c2nc3c(C(=O)O)cccc3nc2c1. The van der Waals surface area contributed by atoms with Gasteiger partial charge in [0.1, 0.15) is 11.3 Å². The molecule has 0 aliphatic heterocycles. The normalized spacial score (nSPS) is 10.9. The molecule has 3 aromatic rings. The first-order valence-electron chi connectivity index (χ1n) is 6.08. The zero-order valence-electron chi connectivity index (χ0n) is 11.0. The predicted octanol–water partition coefficient (Wildman–Crippen LogP) is 2.80.